The van der Waals surface area contributed by atoms with Gasteiger partial charge in [-0.05, 0) is 79.4 Å². The van der Waals surface area contributed by atoms with Gasteiger partial charge in [-0.2, -0.15) is 0 Å². The van der Waals surface area contributed by atoms with Crippen molar-refractivity contribution in [2.75, 3.05) is 0 Å². The summed E-state index contributed by atoms with van der Waals surface area (Å²) in [4.78, 5) is 9.36. The van der Waals surface area contributed by atoms with Crippen molar-refractivity contribution in [1.82, 2.24) is 9.97 Å². The van der Waals surface area contributed by atoms with Crippen molar-refractivity contribution in [3.05, 3.63) is 143 Å². The third-order valence-corrected chi connectivity index (χ3v) is 7.80. The Labute approximate surface area is 279 Å². The summed E-state index contributed by atoms with van der Waals surface area (Å²) in [6.45, 7) is 7.82. The van der Waals surface area contributed by atoms with Crippen LogP contribution in [0.1, 0.15) is 37.5 Å². The van der Waals surface area contributed by atoms with Crippen LogP contribution in [0.4, 0.5) is 0 Å². The molecule has 0 fully saturated rings. The minimum absolute atomic E-state index is 0. The molecule has 0 unspecified atom stereocenters. The molecule has 3 nitrogen and oxygen atoms in total. The first-order chi connectivity index (χ1) is 22.0. The largest absolute Gasteiger partial charge is 2.00 e. The summed E-state index contributed by atoms with van der Waals surface area (Å²) >= 11 is 0. The van der Waals surface area contributed by atoms with Crippen molar-refractivity contribution in [3.63, 3.8) is 0 Å². The fourth-order valence-electron chi connectivity index (χ4n) is 5.23. The van der Waals surface area contributed by atoms with Crippen LogP contribution in [0.2, 0.25) is 0 Å². The maximum absolute atomic E-state index is 8.54. The molecule has 0 atom stereocenters. The molecule has 6 rings (SSSR count). The topological polar surface area (TPSA) is 35.0 Å². The third-order valence-electron chi connectivity index (χ3n) is 7.80. The summed E-state index contributed by atoms with van der Waals surface area (Å²) in [5, 5.41) is 0. The Hall–Kier alpha value is -4.33. The van der Waals surface area contributed by atoms with E-state index in [9.17, 15) is 0 Å². The van der Waals surface area contributed by atoms with Gasteiger partial charge in [0.25, 0.3) is 0 Å². The van der Waals surface area contributed by atoms with E-state index in [0.29, 0.717) is 22.6 Å². The van der Waals surface area contributed by atoms with Crippen LogP contribution in [-0.2, 0) is 21.1 Å². The molecular weight excluding hydrogens is 720 g/mol. The molecule has 4 aromatic carbocycles. The Kier molecular flexibility index (Phi) is 8.12. The summed E-state index contributed by atoms with van der Waals surface area (Å²) in [6, 6.07) is 34.0. The SMILES string of the molecule is [2H]C([2H])([2H])c1c(Oc2[c-]c(-c3cc(-c4ccc(C)cc4C)c(C)cn3)ccc2)[c-]c(-c2cc(C)c(C)cn2)cc1-c1ccccc1.[Pt+2]. The smallest absolute Gasteiger partial charge is 0.496 e. The van der Waals surface area contributed by atoms with E-state index in [1.54, 1.807) is 6.07 Å². The van der Waals surface area contributed by atoms with E-state index in [4.69, 9.17) is 13.8 Å². The van der Waals surface area contributed by atoms with Gasteiger partial charge in [-0.3, -0.25) is 0 Å². The van der Waals surface area contributed by atoms with E-state index in [-0.39, 0.29) is 32.4 Å². The van der Waals surface area contributed by atoms with Crippen molar-refractivity contribution in [2.24, 2.45) is 0 Å². The van der Waals surface area contributed by atoms with Gasteiger partial charge < -0.3 is 14.7 Å². The fraction of sp³-hybridized carbons (Fsp3) is 0.150. The van der Waals surface area contributed by atoms with Gasteiger partial charge in [-0.1, -0.05) is 102 Å². The number of ether oxygens (including phenoxy) is 1. The van der Waals surface area contributed by atoms with Crippen LogP contribution in [-0.4, -0.2) is 9.97 Å². The van der Waals surface area contributed by atoms with Gasteiger partial charge in [0.05, 0.1) is 0 Å². The van der Waals surface area contributed by atoms with Crippen LogP contribution in [0.15, 0.2) is 97.3 Å². The van der Waals surface area contributed by atoms with Crippen molar-refractivity contribution < 1.29 is 29.9 Å². The van der Waals surface area contributed by atoms with Gasteiger partial charge in [0.15, 0.2) is 0 Å². The molecule has 0 amide bonds. The van der Waals surface area contributed by atoms with E-state index >= 15 is 0 Å². The Bertz CT molecular complexity index is 2070. The summed E-state index contributed by atoms with van der Waals surface area (Å²) < 4.78 is 32.0. The zero-order valence-corrected chi connectivity index (χ0v) is 27.6. The normalized spacial score (nSPS) is 12.1. The van der Waals surface area contributed by atoms with Crippen molar-refractivity contribution >= 4 is 0 Å². The van der Waals surface area contributed by atoms with Gasteiger partial charge >= 0.3 is 21.1 Å². The second-order valence-electron chi connectivity index (χ2n) is 11.1. The van der Waals surface area contributed by atoms with Crippen LogP contribution < -0.4 is 4.74 Å². The molecule has 0 saturated carbocycles. The van der Waals surface area contributed by atoms with Crippen LogP contribution >= 0.6 is 0 Å². The Morgan fingerprint density at radius 2 is 1.36 bits per heavy atom. The van der Waals surface area contributed by atoms with E-state index < -0.39 is 6.85 Å². The number of pyridine rings is 2. The van der Waals surface area contributed by atoms with Crippen LogP contribution in [0.3, 0.4) is 0 Å². The molecule has 0 aliphatic heterocycles. The van der Waals surface area contributed by atoms with Gasteiger partial charge in [0, 0.05) is 28.0 Å². The average Bonchev–Trinajstić information content (AvgIpc) is 3.02. The Morgan fingerprint density at radius 3 is 2.09 bits per heavy atom. The van der Waals surface area contributed by atoms with Crippen LogP contribution in [0, 0.1) is 53.6 Å². The predicted molar refractivity (Wildman–Crippen MR) is 176 cm³/mol. The Morgan fingerprint density at radius 1 is 0.614 bits per heavy atom. The number of aryl methyl sites for hydroxylation is 5. The first-order valence-corrected chi connectivity index (χ1v) is 14.3. The molecule has 2 heterocycles. The molecule has 0 aliphatic carbocycles. The Balaban J connectivity index is 0.00000433. The maximum Gasteiger partial charge on any atom is 2.00 e. The molecule has 0 aliphatic rings. The van der Waals surface area contributed by atoms with Crippen molar-refractivity contribution in [2.45, 2.75) is 41.5 Å². The van der Waals surface area contributed by atoms with Crippen LogP contribution in [0.25, 0.3) is 44.8 Å². The van der Waals surface area contributed by atoms with E-state index in [1.807, 2.05) is 80.8 Å². The van der Waals surface area contributed by atoms with Gasteiger partial charge in [0.2, 0.25) is 0 Å². The second kappa shape index (κ2) is 13.1. The van der Waals surface area contributed by atoms with Crippen molar-refractivity contribution in [3.8, 4) is 56.3 Å². The zero-order chi connectivity index (χ0) is 32.6. The number of hydrogen-bond donors (Lipinski definition) is 0. The van der Waals surface area contributed by atoms with Crippen molar-refractivity contribution in [1.29, 1.82) is 0 Å². The minimum Gasteiger partial charge on any atom is -0.496 e. The number of rotatable bonds is 6. The molecule has 4 heteroatoms. The molecule has 44 heavy (non-hydrogen) atoms. The van der Waals surface area contributed by atoms with E-state index in [0.717, 1.165) is 44.6 Å². The molecule has 0 N–H and O–H groups in total. The minimum atomic E-state index is -2.48. The molecule has 6 aromatic rings. The first-order valence-electron chi connectivity index (χ1n) is 15.8. The maximum atomic E-state index is 8.54. The predicted octanol–water partition coefficient (Wildman–Crippen LogP) is 10.4. The third kappa shape index (κ3) is 6.44. The summed E-state index contributed by atoms with van der Waals surface area (Å²) in [5.74, 6) is 0.469. The summed E-state index contributed by atoms with van der Waals surface area (Å²) in [5.41, 5.74) is 12.1. The number of hydrogen-bond acceptors (Lipinski definition) is 3. The average molecular weight is 757 g/mol. The van der Waals surface area contributed by atoms with E-state index in [2.05, 4.69) is 62.2 Å². The quantitative estimate of drug-likeness (QED) is 0.159. The first kappa shape index (κ1) is 27.2. The monoisotopic (exact) mass is 756 g/mol. The number of benzene rings is 4. The molecule has 2 aromatic heterocycles. The van der Waals surface area contributed by atoms with Crippen LogP contribution in [0.5, 0.6) is 11.5 Å². The molecular formula is C40H34N2OPt. The molecule has 220 valence electrons. The van der Waals surface area contributed by atoms with Gasteiger partial charge in [0.1, 0.15) is 0 Å². The molecule has 0 saturated heterocycles. The number of nitrogens with zero attached hydrogens (tertiary/aromatic N) is 2. The van der Waals surface area contributed by atoms with E-state index in [1.165, 1.54) is 11.1 Å². The fourth-order valence-corrected chi connectivity index (χ4v) is 5.23. The molecule has 0 radical (unpaired) electrons. The summed E-state index contributed by atoms with van der Waals surface area (Å²) in [7, 11) is 0. The number of aromatic nitrogens is 2. The van der Waals surface area contributed by atoms with Gasteiger partial charge in [-0.15, -0.1) is 35.4 Å². The standard InChI is InChI=1S/C40H34N2O.Pt/c1-25-15-16-35(27(3)17-25)36-22-39(42-24-29(36)5)32-13-10-14-34(19-32)43-40-21-33(38-18-26(2)28(4)23-41-38)20-37(30(40)6)31-11-8-7-9-12-31;/h7-18,20,22-24H,1-6H3;/q-2;+2/i6D3;. The molecule has 0 bridgehead atoms. The summed E-state index contributed by atoms with van der Waals surface area (Å²) in [6.07, 6.45) is 3.69. The molecule has 0 spiro atoms. The zero-order valence-electron chi connectivity index (χ0n) is 28.4. The van der Waals surface area contributed by atoms with Gasteiger partial charge in [-0.25, -0.2) is 0 Å². The second-order valence-corrected chi connectivity index (χ2v) is 11.1.